The third kappa shape index (κ3) is 5.73. The van der Waals surface area contributed by atoms with Crippen molar-refractivity contribution in [1.29, 1.82) is 0 Å². The predicted molar refractivity (Wildman–Crippen MR) is 147 cm³/mol. The molecule has 36 heavy (non-hydrogen) atoms. The second-order valence-corrected chi connectivity index (χ2v) is 11.1. The molecule has 0 aliphatic carbocycles. The molecular weight excluding hydrogens is 515 g/mol. The summed E-state index contributed by atoms with van der Waals surface area (Å²) in [6.07, 6.45) is 0. The zero-order valence-corrected chi connectivity index (χ0v) is 22.0. The SMILES string of the molecule is Cc1ccc(NC(=O)c2ccc(CN(c3cc(Cl)ccc3C)S(=O)(=O)c3ccccc3)cc2)cc1Cl. The number of anilines is 2. The van der Waals surface area contributed by atoms with Gasteiger partial charge in [-0.3, -0.25) is 9.10 Å². The number of sulfonamides is 1. The maximum Gasteiger partial charge on any atom is 0.264 e. The van der Waals surface area contributed by atoms with E-state index >= 15 is 0 Å². The number of rotatable bonds is 7. The van der Waals surface area contributed by atoms with Crippen LogP contribution in [0, 0.1) is 13.8 Å². The van der Waals surface area contributed by atoms with Gasteiger partial charge in [-0.15, -0.1) is 0 Å². The minimum Gasteiger partial charge on any atom is -0.322 e. The highest BCUT2D eigenvalue weighted by atomic mass is 35.5. The first-order chi connectivity index (χ1) is 17.1. The molecule has 1 amide bonds. The number of nitrogens with one attached hydrogen (secondary N) is 1. The summed E-state index contributed by atoms with van der Waals surface area (Å²) < 4.78 is 28.6. The lowest BCUT2D eigenvalue weighted by Gasteiger charge is -2.26. The van der Waals surface area contributed by atoms with Gasteiger partial charge in [0.1, 0.15) is 0 Å². The molecule has 4 rings (SSSR count). The summed E-state index contributed by atoms with van der Waals surface area (Å²) in [4.78, 5) is 12.9. The van der Waals surface area contributed by atoms with Crippen LogP contribution in [0.3, 0.4) is 0 Å². The van der Waals surface area contributed by atoms with Gasteiger partial charge in [-0.1, -0.05) is 65.7 Å². The van der Waals surface area contributed by atoms with Crippen molar-refractivity contribution < 1.29 is 13.2 Å². The predicted octanol–water partition coefficient (Wildman–Crippen LogP) is 7.26. The Morgan fingerprint density at radius 3 is 2.17 bits per heavy atom. The maximum atomic E-state index is 13.6. The number of aryl methyl sites for hydroxylation is 2. The molecule has 0 saturated heterocycles. The summed E-state index contributed by atoms with van der Waals surface area (Å²) in [6.45, 7) is 3.79. The van der Waals surface area contributed by atoms with E-state index in [-0.39, 0.29) is 17.3 Å². The molecule has 0 aliphatic rings. The lowest BCUT2D eigenvalue weighted by Crippen LogP contribution is -2.31. The maximum absolute atomic E-state index is 13.6. The quantitative estimate of drug-likeness (QED) is 0.269. The second kappa shape index (κ2) is 10.7. The minimum absolute atomic E-state index is 0.0634. The molecule has 0 radical (unpaired) electrons. The van der Waals surface area contributed by atoms with Gasteiger partial charge in [-0.2, -0.15) is 0 Å². The van der Waals surface area contributed by atoms with Crippen molar-refractivity contribution in [3.05, 3.63) is 123 Å². The lowest BCUT2D eigenvalue weighted by atomic mass is 10.1. The van der Waals surface area contributed by atoms with Crippen molar-refractivity contribution in [2.24, 2.45) is 0 Å². The molecular formula is C28H24Cl2N2O3S. The Morgan fingerprint density at radius 1 is 0.833 bits per heavy atom. The van der Waals surface area contributed by atoms with E-state index in [9.17, 15) is 13.2 Å². The highest BCUT2D eigenvalue weighted by Gasteiger charge is 2.26. The molecule has 0 spiro atoms. The monoisotopic (exact) mass is 538 g/mol. The summed E-state index contributed by atoms with van der Waals surface area (Å²) in [5.41, 5.74) is 3.92. The zero-order chi connectivity index (χ0) is 25.9. The van der Waals surface area contributed by atoms with Crippen LogP contribution in [0.1, 0.15) is 27.0 Å². The first-order valence-corrected chi connectivity index (χ1v) is 13.3. The molecule has 1 N–H and O–H groups in total. The molecule has 8 heteroatoms. The van der Waals surface area contributed by atoms with E-state index < -0.39 is 10.0 Å². The van der Waals surface area contributed by atoms with Crippen molar-refractivity contribution in [3.8, 4) is 0 Å². The Balaban J connectivity index is 1.62. The molecule has 0 atom stereocenters. The number of carbonyl (C=O) groups excluding carboxylic acids is 1. The summed E-state index contributed by atoms with van der Waals surface area (Å²) in [6, 6.07) is 25.5. The lowest BCUT2D eigenvalue weighted by molar-refractivity contribution is 0.102. The van der Waals surface area contributed by atoms with Gasteiger partial charge in [-0.25, -0.2) is 8.42 Å². The standard InChI is InChI=1S/C28H24Cl2N2O3S/c1-19-9-15-24(17-26(19)30)31-28(33)22-12-10-21(11-13-22)18-32(27-16-23(29)14-8-20(27)2)36(34,35)25-6-4-3-5-7-25/h3-17H,18H2,1-2H3,(H,31,33). The van der Waals surface area contributed by atoms with Gasteiger partial charge in [0.05, 0.1) is 17.1 Å². The Hall–Kier alpha value is -3.32. The van der Waals surface area contributed by atoms with E-state index in [1.165, 1.54) is 4.31 Å². The third-order valence-corrected chi connectivity index (χ3v) is 8.16. The van der Waals surface area contributed by atoms with Crippen LogP contribution in [-0.4, -0.2) is 14.3 Å². The normalized spacial score (nSPS) is 11.2. The molecule has 0 bridgehead atoms. The van der Waals surface area contributed by atoms with Crippen LogP contribution in [0.15, 0.2) is 95.9 Å². The van der Waals surface area contributed by atoms with E-state index in [2.05, 4.69) is 5.32 Å². The first kappa shape index (κ1) is 25.8. The van der Waals surface area contributed by atoms with Crippen LogP contribution in [0.5, 0.6) is 0 Å². The van der Waals surface area contributed by atoms with Crippen LogP contribution >= 0.6 is 23.2 Å². The van der Waals surface area contributed by atoms with E-state index in [0.717, 1.165) is 11.1 Å². The Morgan fingerprint density at radius 2 is 1.50 bits per heavy atom. The average molecular weight is 539 g/mol. The molecule has 0 aliphatic heterocycles. The largest absolute Gasteiger partial charge is 0.322 e. The van der Waals surface area contributed by atoms with E-state index in [1.807, 2.05) is 19.9 Å². The zero-order valence-electron chi connectivity index (χ0n) is 19.7. The average Bonchev–Trinajstić information content (AvgIpc) is 2.87. The van der Waals surface area contributed by atoms with Crippen LogP contribution in [-0.2, 0) is 16.6 Å². The summed E-state index contributed by atoms with van der Waals surface area (Å²) >= 11 is 12.4. The van der Waals surface area contributed by atoms with Crippen molar-refractivity contribution in [2.45, 2.75) is 25.3 Å². The fourth-order valence-corrected chi connectivity index (χ4v) is 5.55. The highest BCUT2D eigenvalue weighted by Crippen LogP contribution is 2.31. The van der Waals surface area contributed by atoms with Gasteiger partial charge in [0.25, 0.3) is 15.9 Å². The second-order valence-electron chi connectivity index (χ2n) is 8.37. The Labute approximate surface area is 221 Å². The van der Waals surface area contributed by atoms with Crippen LogP contribution < -0.4 is 9.62 Å². The third-order valence-electron chi connectivity index (χ3n) is 5.74. The minimum atomic E-state index is -3.88. The van der Waals surface area contributed by atoms with Crippen LogP contribution in [0.2, 0.25) is 10.0 Å². The van der Waals surface area contributed by atoms with Crippen molar-refractivity contribution >= 4 is 50.5 Å². The number of nitrogens with zero attached hydrogens (tertiary/aromatic N) is 1. The number of benzene rings is 4. The summed E-state index contributed by atoms with van der Waals surface area (Å²) in [5, 5.41) is 3.83. The van der Waals surface area contributed by atoms with Crippen LogP contribution in [0.4, 0.5) is 11.4 Å². The fourth-order valence-electron chi connectivity index (χ4n) is 3.67. The van der Waals surface area contributed by atoms with E-state index in [0.29, 0.717) is 32.5 Å². The Bertz CT molecular complexity index is 1510. The molecule has 0 saturated carbocycles. The van der Waals surface area contributed by atoms with Gasteiger partial charge in [0.15, 0.2) is 0 Å². The van der Waals surface area contributed by atoms with Crippen molar-refractivity contribution in [2.75, 3.05) is 9.62 Å². The number of hydrogen-bond acceptors (Lipinski definition) is 3. The highest BCUT2D eigenvalue weighted by molar-refractivity contribution is 7.92. The first-order valence-electron chi connectivity index (χ1n) is 11.2. The fraction of sp³-hybridized carbons (Fsp3) is 0.107. The van der Waals surface area contributed by atoms with E-state index in [1.54, 1.807) is 84.9 Å². The number of hydrogen-bond donors (Lipinski definition) is 1. The van der Waals surface area contributed by atoms with E-state index in [4.69, 9.17) is 23.2 Å². The molecule has 0 fully saturated rings. The molecule has 184 valence electrons. The molecule has 0 unspecified atom stereocenters. The van der Waals surface area contributed by atoms with Crippen LogP contribution in [0.25, 0.3) is 0 Å². The van der Waals surface area contributed by atoms with Gasteiger partial charge in [-0.05, 0) is 79.1 Å². The summed E-state index contributed by atoms with van der Waals surface area (Å²) in [5.74, 6) is -0.291. The molecule has 5 nitrogen and oxygen atoms in total. The molecule has 0 aromatic heterocycles. The number of amides is 1. The van der Waals surface area contributed by atoms with Gasteiger partial charge in [0.2, 0.25) is 0 Å². The van der Waals surface area contributed by atoms with Gasteiger partial charge >= 0.3 is 0 Å². The number of carbonyl (C=O) groups is 1. The van der Waals surface area contributed by atoms with Gasteiger partial charge < -0.3 is 5.32 Å². The summed E-state index contributed by atoms with van der Waals surface area (Å²) in [7, 11) is -3.88. The van der Waals surface area contributed by atoms with Crippen molar-refractivity contribution in [1.82, 2.24) is 0 Å². The van der Waals surface area contributed by atoms with Crippen molar-refractivity contribution in [3.63, 3.8) is 0 Å². The molecule has 4 aromatic carbocycles. The molecule has 4 aromatic rings. The smallest absolute Gasteiger partial charge is 0.264 e. The number of halogens is 2. The topological polar surface area (TPSA) is 66.5 Å². The Kier molecular flexibility index (Phi) is 7.69. The van der Waals surface area contributed by atoms with Gasteiger partial charge in [0, 0.05) is 21.3 Å². The molecule has 0 heterocycles.